The van der Waals surface area contributed by atoms with Crippen molar-refractivity contribution in [2.24, 2.45) is 0 Å². The van der Waals surface area contributed by atoms with E-state index in [-0.39, 0.29) is 13.0 Å². The molecule has 29 heavy (non-hydrogen) atoms. The molecule has 0 amide bonds. The molecule has 0 aliphatic rings. The van der Waals surface area contributed by atoms with E-state index in [9.17, 15) is 9.59 Å². The number of hydrogen-bond donors (Lipinski definition) is 2. The summed E-state index contributed by atoms with van der Waals surface area (Å²) < 4.78 is 13.2. The van der Waals surface area contributed by atoms with E-state index in [0.717, 1.165) is 0 Å². The first-order valence-electron chi connectivity index (χ1n) is 8.98. The van der Waals surface area contributed by atoms with Crippen LogP contribution < -0.4 is 9.62 Å². The fourth-order valence-corrected chi connectivity index (χ4v) is 3.55. The van der Waals surface area contributed by atoms with Crippen LogP contribution in [0.4, 0.5) is 11.4 Å². The maximum Gasteiger partial charge on any atom is 0.324 e. The van der Waals surface area contributed by atoms with E-state index < -0.39 is 24.1 Å². The number of halogens is 2. The van der Waals surface area contributed by atoms with E-state index in [1.807, 2.05) is 18.2 Å². The fourth-order valence-electron chi connectivity index (χ4n) is 2.65. The van der Waals surface area contributed by atoms with Gasteiger partial charge in [-0.15, -0.1) is 0 Å². The van der Waals surface area contributed by atoms with Gasteiger partial charge in [0, 0.05) is 5.69 Å². The summed E-state index contributed by atoms with van der Waals surface area (Å²) in [5.74, 6) is -0.968. The average molecular weight is 451 g/mol. The van der Waals surface area contributed by atoms with Crippen LogP contribution in [0.1, 0.15) is 19.4 Å². The van der Waals surface area contributed by atoms with Crippen molar-refractivity contribution >= 4 is 63.0 Å². The Hall–Kier alpha value is -1.75. The average Bonchev–Trinajstić information content (AvgIpc) is 2.66. The van der Waals surface area contributed by atoms with E-state index in [0.29, 0.717) is 27.0 Å². The molecular weight excluding hydrogens is 430 g/mol. The smallest absolute Gasteiger partial charge is 0.324 e. The minimum atomic E-state index is -0.779. The second-order valence-corrected chi connectivity index (χ2v) is 7.29. The van der Waals surface area contributed by atoms with Gasteiger partial charge in [0.1, 0.15) is 12.1 Å². The van der Waals surface area contributed by atoms with Gasteiger partial charge in [0.15, 0.2) is 0 Å². The molecule has 0 saturated carbocycles. The predicted molar refractivity (Wildman–Crippen MR) is 115 cm³/mol. The number of benzene rings is 2. The van der Waals surface area contributed by atoms with Gasteiger partial charge in [-0.3, -0.25) is 9.59 Å². The van der Waals surface area contributed by atoms with Gasteiger partial charge in [0.2, 0.25) is 0 Å². The lowest BCUT2D eigenvalue weighted by Crippen LogP contribution is -2.46. The molecule has 0 bridgehead atoms. The minimum absolute atomic E-state index is 0.00197. The van der Waals surface area contributed by atoms with E-state index in [1.165, 1.54) is 0 Å². The van der Waals surface area contributed by atoms with Crippen molar-refractivity contribution in [1.29, 1.82) is 0 Å². The first-order valence-corrected chi connectivity index (χ1v) is 10.3. The van der Waals surface area contributed by atoms with Crippen LogP contribution in [-0.4, -0.2) is 47.2 Å². The van der Waals surface area contributed by atoms with Gasteiger partial charge in [0.25, 0.3) is 16.5 Å². The number of para-hydroxylation sites is 2. The first kappa shape index (κ1) is 23.5. The highest BCUT2D eigenvalue weighted by Gasteiger charge is 2.27. The molecule has 0 unspecified atom stereocenters. The monoisotopic (exact) mass is 450 g/mol. The van der Waals surface area contributed by atoms with Crippen molar-refractivity contribution in [2.75, 3.05) is 11.9 Å². The Bertz CT molecular complexity index is 846. The second kappa shape index (κ2) is 11.4. The Labute approximate surface area is 188 Å². The van der Waals surface area contributed by atoms with Gasteiger partial charge in [0.05, 0.1) is 28.8 Å². The lowest BCUT2D eigenvalue weighted by molar-refractivity contribution is -0.156. The minimum Gasteiger partial charge on any atom is -0.465 e. The molecule has 9 heteroatoms. The van der Waals surface area contributed by atoms with Crippen molar-refractivity contribution in [3.8, 4) is 0 Å². The molecule has 2 radical (unpaired) electrons. The fraction of sp³-hybridized carbons (Fsp3) is 0.300. The summed E-state index contributed by atoms with van der Waals surface area (Å²) in [6.45, 7) is 3.58. The number of hydrogen-bond acceptors (Lipinski definition) is 6. The molecule has 152 valence electrons. The van der Waals surface area contributed by atoms with Gasteiger partial charge in [-0.2, -0.15) is 0 Å². The van der Waals surface area contributed by atoms with E-state index in [2.05, 4.69) is 26.1 Å². The maximum absolute atomic E-state index is 12.5. The van der Waals surface area contributed by atoms with Gasteiger partial charge in [-0.25, -0.2) is 0 Å². The Balaban J connectivity index is 2.10. The summed E-state index contributed by atoms with van der Waals surface area (Å²) in [7, 11) is 0. The van der Waals surface area contributed by atoms with E-state index >= 15 is 0 Å². The van der Waals surface area contributed by atoms with E-state index in [1.54, 1.807) is 38.1 Å². The summed E-state index contributed by atoms with van der Waals surface area (Å²) in [6, 6.07) is 11.7. The zero-order valence-electron chi connectivity index (χ0n) is 16.1. The number of esters is 2. The van der Waals surface area contributed by atoms with Gasteiger partial charge < -0.3 is 19.1 Å². The molecule has 0 aromatic heterocycles. The van der Waals surface area contributed by atoms with Crippen LogP contribution in [0.5, 0.6) is 0 Å². The molecule has 2 atom stereocenters. The second-order valence-electron chi connectivity index (χ2n) is 6.15. The highest BCUT2D eigenvalue weighted by Crippen LogP contribution is 2.33. The van der Waals surface area contributed by atoms with E-state index in [4.69, 9.17) is 32.7 Å². The van der Waals surface area contributed by atoms with Crippen molar-refractivity contribution in [1.82, 2.24) is 4.30 Å². The molecule has 0 heterocycles. The lowest BCUT2D eigenvalue weighted by atomic mass is 10.1. The van der Waals surface area contributed by atoms with Crippen molar-refractivity contribution in [3.63, 3.8) is 0 Å². The highest BCUT2D eigenvalue weighted by atomic mass is 35.5. The Kier molecular flexibility index (Phi) is 9.28. The van der Waals surface area contributed by atoms with Gasteiger partial charge in [-0.1, -0.05) is 47.5 Å². The number of anilines is 2. The first-order chi connectivity index (χ1) is 13.9. The standard InChI is InChI=1S/C20H21Cl2N2O4.Al/c1-3-27-20(26)18(23)12(2)28-17(25)11-13-7-4-5-10-16(13)24-19-14(21)8-6-9-15(19)22;/h4-10,12,18,23-24H,3,11H2,1-2H3;/q-1;+1/t12-,18+;/m1./s1. The number of carbonyl (C=O) groups excluding carboxylic acids is 2. The zero-order chi connectivity index (χ0) is 21.4. The van der Waals surface area contributed by atoms with Crippen LogP contribution in [0.3, 0.4) is 0 Å². The number of rotatable bonds is 9. The molecule has 2 aromatic rings. The summed E-state index contributed by atoms with van der Waals surface area (Å²) in [6.07, 6.45) is -0.709. The third kappa shape index (κ3) is 6.63. The Morgan fingerprint density at radius 3 is 2.38 bits per heavy atom. The summed E-state index contributed by atoms with van der Waals surface area (Å²) >= 11 is 14.7. The van der Waals surface area contributed by atoms with Crippen molar-refractivity contribution in [3.05, 3.63) is 58.1 Å². The van der Waals surface area contributed by atoms with Crippen LogP contribution in [0.2, 0.25) is 10.0 Å². The zero-order valence-corrected chi connectivity index (χ0v) is 18.7. The third-order valence-corrected chi connectivity index (χ3v) is 5.07. The quantitative estimate of drug-likeness (QED) is 0.446. The molecule has 6 nitrogen and oxygen atoms in total. The summed E-state index contributed by atoms with van der Waals surface area (Å²) in [5.41, 5.74) is 1.94. The van der Waals surface area contributed by atoms with Crippen LogP contribution in [0.15, 0.2) is 42.5 Å². The molecule has 2 aromatic carbocycles. The van der Waals surface area contributed by atoms with Crippen LogP contribution >= 0.6 is 23.2 Å². The molecule has 0 spiro atoms. The Morgan fingerprint density at radius 2 is 1.76 bits per heavy atom. The number of ether oxygens (including phenoxy) is 2. The molecule has 0 aliphatic heterocycles. The Morgan fingerprint density at radius 1 is 1.10 bits per heavy atom. The maximum atomic E-state index is 12.5. The SMILES string of the molecule is CCOC(=O)[C@@H]([NH][Al])[C@@H](C)OC(=O)Cc1ccccc1Nc1c(Cl)cccc1Cl. The third-order valence-electron chi connectivity index (χ3n) is 4.08. The van der Waals surface area contributed by atoms with Crippen molar-refractivity contribution in [2.45, 2.75) is 32.4 Å². The molecular formula is C20H21AlCl2N2O4. The highest BCUT2D eigenvalue weighted by molar-refractivity contribution is 6.39. The lowest BCUT2D eigenvalue weighted by Gasteiger charge is -2.23. The number of carbonyl (C=O) groups is 2. The topological polar surface area (TPSA) is 76.7 Å². The van der Waals surface area contributed by atoms with Gasteiger partial charge in [-0.05, 0) is 37.6 Å². The molecule has 0 fully saturated rings. The molecule has 0 aliphatic carbocycles. The molecule has 2 rings (SSSR count). The van der Waals surface area contributed by atoms with Crippen LogP contribution in [0.25, 0.3) is 0 Å². The molecule has 0 saturated heterocycles. The summed E-state index contributed by atoms with van der Waals surface area (Å²) in [4.78, 5) is 24.4. The van der Waals surface area contributed by atoms with Crippen molar-refractivity contribution < 1.29 is 19.1 Å². The largest absolute Gasteiger partial charge is 0.465 e. The van der Waals surface area contributed by atoms with Crippen LogP contribution in [-0.2, 0) is 25.5 Å². The predicted octanol–water partition coefficient (Wildman–Crippen LogP) is 3.82. The number of nitrogens with one attached hydrogen (secondary N) is 2. The van der Waals surface area contributed by atoms with Gasteiger partial charge >= 0.3 is 11.9 Å². The normalized spacial score (nSPS) is 12.7. The van der Waals surface area contributed by atoms with Crippen LogP contribution in [0, 0.1) is 0 Å². The molecule has 2 N–H and O–H groups in total. The summed E-state index contributed by atoms with van der Waals surface area (Å²) in [5, 5.41) is 4.11.